The Balaban J connectivity index is 1.97. The van der Waals surface area contributed by atoms with Crippen LogP contribution in [0.1, 0.15) is 33.8 Å². The molecule has 0 aliphatic rings. The Morgan fingerprint density at radius 2 is 1.92 bits per heavy atom. The summed E-state index contributed by atoms with van der Waals surface area (Å²) >= 11 is 12.2. The number of benzene rings is 2. The van der Waals surface area contributed by atoms with Gasteiger partial charge in [0.1, 0.15) is 0 Å². The number of carbonyl (C=O) groups excluding carboxylic acids is 1. The van der Waals surface area contributed by atoms with Crippen molar-refractivity contribution in [3.05, 3.63) is 69.3 Å². The third kappa shape index (κ3) is 3.55. The summed E-state index contributed by atoms with van der Waals surface area (Å²) in [4.78, 5) is 27.4. The van der Waals surface area contributed by atoms with Crippen molar-refractivity contribution in [2.24, 2.45) is 0 Å². The Morgan fingerprint density at radius 3 is 2.60 bits per heavy atom. The average molecular weight is 376 g/mol. The first-order valence-corrected chi connectivity index (χ1v) is 8.41. The van der Waals surface area contributed by atoms with Gasteiger partial charge in [-0.2, -0.15) is 0 Å². The molecule has 6 heteroatoms. The van der Waals surface area contributed by atoms with Gasteiger partial charge in [0.05, 0.1) is 10.9 Å². The Hall–Kier alpha value is -2.30. The maximum absolute atomic E-state index is 12.6. The number of rotatable bonds is 5. The lowest BCUT2D eigenvalue weighted by molar-refractivity contribution is -0.138. The largest absolute Gasteiger partial charge is 0.481 e. The summed E-state index contributed by atoms with van der Waals surface area (Å²) in [6.45, 7) is 1.87. The van der Waals surface area contributed by atoms with Crippen LogP contribution in [0, 0.1) is 6.92 Å². The highest BCUT2D eigenvalue weighted by Gasteiger charge is 2.27. The van der Waals surface area contributed by atoms with Gasteiger partial charge in [-0.3, -0.25) is 9.59 Å². The Kier molecular flexibility index (Phi) is 4.84. The second kappa shape index (κ2) is 6.90. The summed E-state index contributed by atoms with van der Waals surface area (Å²) in [7, 11) is 0. The van der Waals surface area contributed by atoms with Crippen LogP contribution in [0.4, 0.5) is 0 Å². The van der Waals surface area contributed by atoms with Gasteiger partial charge in [-0.15, -0.1) is 0 Å². The molecule has 0 saturated carbocycles. The first kappa shape index (κ1) is 17.5. The highest BCUT2D eigenvalue weighted by atomic mass is 35.5. The highest BCUT2D eigenvalue weighted by Crippen LogP contribution is 2.32. The van der Waals surface area contributed by atoms with Gasteiger partial charge >= 0.3 is 5.97 Å². The van der Waals surface area contributed by atoms with Crippen LogP contribution in [0.3, 0.4) is 0 Å². The third-order valence-corrected chi connectivity index (χ3v) is 4.71. The molecule has 0 amide bonds. The number of carbonyl (C=O) groups is 2. The van der Waals surface area contributed by atoms with E-state index in [0.717, 1.165) is 11.1 Å². The lowest BCUT2D eigenvalue weighted by Crippen LogP contribution is -2.16. The van der Waals surface area contributed by atoms with Gasteiger partial charge in [0.15, 0.2) is 5.78 Å². The Labute approximate surface area is 154 Å². The van der Waals surface area contributed by atoms with E-state index in [-0.39, 0.29) is 12.2 Å². The first-order chi connectivity index (χ1) is 11.9. The van der Waals surface area contributed by atoms with Crippen LogP contribution in [-0.2, 0) is 4.79 Å². The lowest BCUT2D eigenvalue weighted by atomic mass is 9.91. The van der Waals surface area contributed by atoms with E-state index in [1.165, 1.54) is 0 Å². The molecule has 2 N–H and O–H groups in total. The van der Waals surface area contributed by atoms with E-state index in [4.69, 9.17) is 23.2 Å². The normalized spacial score (nSPS) is 12.3. The number of H-pyrrole nitrogens is 1. The maximum atomic E-state index is 12.6. The number of ketones is 1. The van der Waals surface area contributed by atoms with Crippen LogP contribution in [0.15, 0.2) is 42.6 Å². The van der Waals surface area contributed by atoms with E-state index >= 15 is 0 Å². The number of aliphatic carboxylic acids is 1. The predicted octanol–water partition coefficient (Wildman–Crippen LogP) is 5.22. The molecule has 0 fully saturated rings. The minimum atomic E-state index is -1.07. The van der Waals surface area contributed by atoms with Crippen molar-refractivity contribution >= 4 is 45.9 Å². The summed E-state index contributed by atoms with van der Waals surface area (Å²) in [6, 6.07) is 10.3. The third-order valence-electron chi connectivity index (χ3n) is 4.16. The van der Waals surface area contributed by atoms with Crippen LogP contribution in [0.2, 0.25) is 10.0 Å². The van der Waals surface area contributed by atoms with Crippen molar-refractivity contribution in [1.29, 1.82) is 0 Å². The van der Waals surface area contributed by atoms with Crippen LogP contribution in [0.25, 0.3) is 10.9 Å². The van der Waals surface area contributed by atoms with Crippen LogP contribution in [-0.4, -0.2) is 21.8 Å². The lowest BCUT2D eigenvalue weighted by Gasteiger charge is -2.12. The molecule has 1 atom stereocenters. The summed E-state index contributed by atoms with van der Waals surface area (Å²) in [5.74, 6) is -2.37. The molecule has 0 aliphatic carbocycles. The molecule has 3 aromatic rings. The molecule has 0 aliphatic heterocycles. The highest BCUT2D eigenvalue weighted by molar-refractivity contribution is 6.34. The van der Waals surface area contributed by atoms with Gasteiger partial charge in [-0.25, -0.2) is 0 Å². The van der Waals surface area contributed by atoms with Gasteiger partial charge < -0.3 is 10.1 Å². The molecular weight excluding hydrogens is 361 g/mol. The summed E-state index contributed by atoms with van der Waals surface area (Å²) in [5, 5.41) is 11.2. The summed E-state index contributed by atoms with van der Waals surface area (Å²) in [6.07, 6.45) is 1.43. The van der Waals surface area contributed by atoms with Crippen molar-refractivity contribution in [1.82, 2.24) is 4.98 Å². The molecule has 1 unspecified atom stereocenters. The topological polar surface area (TPSA) is 70.2 Å². The van der Waals surface area contributed by atoms with E-state index in [9.17, 15) is 14.7 Å². The number of hydrogen-bond acceptors (Lipinski definition) is 2. The molecule has 1 heterocycles. The van der Waals surface area contributed by atoms with Gasteiger partial charge in [0.25, 0.3) is 0 Å². The number of carboxylic acids is 1. The average Bonchev–Trinajstić information content (AvgIpc) is 2.94. The zero-order valence-corrected chi connectivity index (χ0v) is 14.9. The standard InChI is InChI=1S/C19H15Cl2NO3/c1-10-2-4-12(16(21)6-10)18(23)8-14(19(24)25)15-9-22-17-5-3-11(20)7-13(15)17/h2-7,9,14,22H,8H2,1H3,(H,24,25). The molecular formula is C19H15Cl2NO3. The van der Waals surface area contributed by atoms with Crippen molar-refractivity contribution in [3.63, 3.8) is 0 Å². The molecule has 3 rings (SSSR count). The quantitative estimate of drug-likeness (QED) is 0.600. The van der Waals surface area contributed by atoms with Crippen molar-refractivity contribution in [2.45, 2.75) is 19.3 Å². The Bertz CT molecular complexity index is 978. The SMILES string of the molecule is Cc1ccc(C(=O)CC(C(=O)O)c2c[nH]c3ccc(Cl)cc23)c(Cl)c1. The van der Waals surface area contributed by atoms with Gasteiger partial charge in [-0.1, -0.05) is 29.3 Å². The molecule has 0 bridgehead atoms. The van der Waals surface area contributed by atoms with Crippen molar-refractivity contribution in [2.75, 3.05) is 0 Å². The monoisotopic (exact) mass is 375 g/mol. The van der Waals surface area contributed by atoms with Crippen molar-refractivity contribution in [3.8, 4) is 0 Å². The molecule has 0 spiro atoms. The number of carboxylic acid groups (broad SMARTS) is 1. The Morgan fingerprint density at radius 1 is 1.16 bits per heavy atom. The van der Waals surface area contributed by atoms with E-state index in [0.29, 0.717) is 26.6 Å². The van der Waals surface area contributed by atoms with Crippen LogP contribution < -0.4 is 0 Å². The van der Waals surface area contributed by atoms with Gasteiger partial charge in [0, 0.05) is 34.1 Å². The number of aromatic nitrogens is 1. The minimum absolute atomic E-state index is 0.183. The van der Waals surface area contributed by atoms with Crippen molar-refractivity contribution < 1.29 is 14.7 Å². The molecule has 25 heavy (non-hydrogen) atoms. The van der Waals surface area contributed by atoms with Gasteiger partial charge in [-0.05, 0) is 48.4 Å². The van der Waals surface area contributed by atoms with E-state index in [2.05, 4.69) is 4.98 Å². The van der Waals surface area contributed by atoms with Crippen LogP contribution >= 0.6 is 23.2 Å². The summed E-state index contributed by atoms with van der Waals surface area (Å²) < 4.78 is 0. The number of aromatic amines is 1. The number of fused-ring (bicyclic) bond motifs is 1. The molecule has 2 aromatic carbocycles. The summed E-state index contributed by atoms with van der Waals surface area (Å²) in [5.41, 5.74) is 2.56. The second-order valence-corrected chi connectivity index (χ2v) is 6.78. The first-order valence-electron chi connectivity index (χ1n) is 7.65. The van der Waals surface area contributed by atoms with Crippen LogP contribution in [0.5, 0.6) is 0 Å². The van der Waals surface area contributed by atoms with E-state index in [1.54, 1.807) is 42.6 Å². The number of hydrogen-bond donors (Lipinski definition) is 2. The number of nitrogens with one attached hydrogen (secondary N) is 1. The molecule has 1 aromatic heterocycles. The number of halogens is 2. The fourth-order valence-electron chi connectivity index (χ4n) is 2.87. The molecule has 128 valence electrons. The minimum Gasteiger partial charge on any atom is -0.481 e. The molecule has 4 nitrogen and oxygen atoms in total. The van der Waals surface area contributed by atoms with Gasteiger partial charge in [0.2, 0.25) is 0 Å². The molecule has 0 radical (unpaired) electrons. The predicted molar refractivity (Wildman–Crippen MR) is 98.8 cm³/mol. The zero-order valence-electron chi connectivity index (χ0n) is 13.3. The molecule has 0 saturated heterocycles. The van der Waals surface area contributed by atoms with E-state index < -0.39 is 11.9 Å². The fourth-order valence-corrected chi connectivity index (χ4v) is 3.39. The zero-order chi connectivity index (χ0) is 18.1. The number of aryl methyl sites for hydroxylation is 1. The smallest absolute Gasteiger partial charge is 0.311 e. The van der Waals surface area contributed by atoms with E-state index in [1.807, 2.05) is 6.92 Å². The maximum Gasteiger partial charge on any atom is 0.311 e. The number of Topliss-reactive ketones (excluding diaryl/α,β-unsaturated/α-hetero) is 1. The fraction of sp³-hybridized carbons (Fsp3) is 0.158. The second-order valence-electron chi connectivity index (χ2n) is 5.94.